The number of nitrogens with zero attached hydrogens (tertiary/aromatic N) is 5. The van der Waals surface area contributed by atoms with Gasteiger partial charge in [0.1, 0.15) is 5.15 Å². The average Bonchev–Trinajstić information content (AvgIpc) is 3.13. The van der Waals surface area contributed by atoms with Crippen LogP contribution < -0.4 is 0 Å². The van der Waals surface area contributed by atoms with Crippen molar-refractivity contribution in [3.63, 3.8) is 0 Å². The third-order valence-electron chi connectivity index (χ3n) is 3.66. The van der Waals surface area contributed by atoms with Crippen LogP contribution in [0.25, 0.3) is 0 Å². The van der Waals surface area contributed by atoms with Crippen LogP contribution in [0.5, 0.6) is 0 Å². The van der Waals surface area contributed by atoms with Gasteiger partial charge in [0.15, 0.2) is 26.0 Å². The van der Waals surface area contributed by atoms with Crippen molar-refractivity contribution in [3.8, 4) is 0 Å². The van der Waals surface area contributed by atoms with Gasteiger partial charge in [-0.3, -0.25) is 0 Å². The molecule has 7 nitrogen and oxygen atoms in total. The van der Waals surface area contributed by atoms with E-state index in [-0.39, 0.29) is 10.9 Å². The molecule has 0 fully saturated rings. The van der Waals surface area contributed by atoms with E-state index in [0.29, 0.717) is 33.3 Å². The van der Waals surface area contributed by atoms with E-state index in [1.807, 2.05) is 7.05 Å². The number of hydrogen-bond donors (Lipinski definition) is 0. The Morgan fingerprint density at radius 3 is 2.54 bits per heavy atom. The van der Waals surface area contributed by atoms with Gasteiger partial charge < -0.3 is 9.13 Å². The van der Waals surface area contributed by atoms with Crippen LogP contribution in [0, 0.1) is 0 Å². The van der Waals surface area contributed by atoms with Gasteiger partial charge in [-0.25, -0.2) is 13.4 Å². The first kappa shape index (κ1) is 19.2. The second-order valence-corrected chi connectivity index (χ2v) is 9.28. The summed E-state index contributed by atoms with van der Waals surface area (Å²) >= 11 is 13.2. The first-order valence-electron chi connectivity index (χ1n) is 7.53. The molecular formula is C15H15Cl2N5O2S2. The van der Waals surface area contributed by atoms with Crippen molar-refractivity contribution in [1.29, 1.82) is 0 Å². The molecule has 0 aliphatic carbocycles. The standard InChI is InChI=1S/C15H15Cl2N5O2S2/c1-21-12(9-22-10-18-13(16)14(22)17)19-20-15(21)25-7-8-26(23,24)11-5-3-2-4-6-11/h2-6,10H,7-9H2,1H3. The summed E-state index contributed by atoms with van der Waals surface area (Å²) in [6, 6.07) is 8.40. The van der Waals surface area contributed by atoms with Crippen LogP contribution in [0.4, 0.5) is 0 Å². The minimum atomic E-state index is -3.31. The lowest BCUT2D eigenvalue weighted by Gasteiger charge is -2.06. The van der Waals surface area contributed by atoms with E-state index in [9.17, 15) is 8.42 Å². The van der Waals surface area contributed by atoms with Gasteiger partial charge in [-0.15, -0.1) is 10.2 Å². The molecule has 138 valence electrons. The molecule has 11 heteroatoms. The van der Waals surface area contributed by atoms with E-state index < -0.39 is 9.84 Å². The molecule has 0 atom stereocenters. The molecule has 0 spiro atoms. The number of benzene rings is 1. The Bertz CT molecular complexity index is 1000. The Kier molecular flexibility index (Phi) is 5.91. The molecule has 0 amide bonds. The first-order chi connectivity index (χ1) is 12.4. The van der Waals surface area contributed by atoms with Crippen molar-refractivity contribution >= 4 is 44.8 Å². The quantitative estimate of drug-likeness (QED) is 0.534. The molecule has 2 heterocycles. The summed E-state index contributed by atoms with van der Waals surface area (Å²) in [5, 5.41) is 9.43. The average molecular weight is 432 g/mol. The summed E-state index contributed by atoms with van der Waals surface area (Å²) < 4.78 is 28.1. The highest BCUT2D eigenvalue weighted by molar-refractivity contribution is 8.00. The Hall–Kier alpha value is -1.55. The Balaban J connectivity index is 1.63. The maximum absolute atomic E-state index is 12.3. The molecule has 0 bridgehead atoms. The minimum absolute atomic E-state index is 0.0207. The maximum Gasteiger partial charge on any atom is 0.191 e. The number of halogens is 2. The molecule has 2 aromatic heterocycles. The Morgan fingerprint density at radius 2 is 1.88 bits per heavy atom. The SMILES string of the molecule is Cn1c(Cn2cnc(Cl)c2Cl)nnc1SCCS(=O)(=O)c1ccccc1. The van der Waals surface area contributed by atoms with Gasteiger partial charge in [0.05, 0.1) is 23.5 Å². The van der Waals surface area contributed by atoms with Crippen molar-refractivity contribution in [1.82, 2.24) is 24.3 Å². The highest BCUT2D eigenvalue weighted by Gasteiger charge is 2.16. The topological polar surface area (TPSA) is 82.7 Å². The van der Waals surface area contributed by atoms with Gasteiger partial charge >= 0.3 is 0 Å². The van der Waals surface area contributed by atoms with E-state index in [1.54, 1.807) is 39.5 Å². The summed E-state index contributed by atoms with van der Waals surface area (Å²) in [5.74, 6) is 1.06. The number of sulfone groups is 1. The smallest absolute Gasteiger partial charge is 0.191 e. The van der Waals surface area contributed by atoms with E-state index in [1.165, 1.54) is 18.1 Å². The lowest BCUT2D eigenvalue weighted by atomic mass is 10.4. The maximum atomic E-state index is 12.3. The van der Waals surface area contributed by atoms with Crippen LogP contribution in [0.1, 0.15) is 5.82 Å². The predicted molar refractivity (Wildman–Crippen MR) is 102 cm³/mol. The molecular weight excluding hydrogens is 417 g/mol. The monoisotopic (exact) mass is 431 g/mol. The fraction of sp³-hybridized carbons (Fsp3) is 0.267. The molecule has 0 aliphatic heterocycles. The van der Waals surface area contributed by atoms with Crippen LogP contribution in [0.3, 0.4) is 0 Å². The molecule has 26 heavy (non-hydrogen) atoms. The third kappa shape index (κ3) is 4.22. The lowest BCUT2D eigenvalue weighted by Crippen LogP contribution is -2.09. The van der Waals surface area contributed by atoms with E-state index >= 15 is 0 Å². The zero-order valence-electron chi connectivity index (χ0n) is 13.7. The molecule has 0 radical (unpaired) electrons. The predicted octanol–water partition coefficient (Wildman–Crippen LogP) is 2.93. The van der Waals surface area contributed by atoms with E-state index in [2.05, 4.69) is 15.2 Å². The first-order valence-corrected chi connectivity index (χ1v) is 10.9. The van der Waals surface area contributed by atoms with Gasteiger partial charge in [0, 0.05) is 12.8 Å². The lowest BCUT2D eigenvalue weighted by molar-refractivity contribution is 0.597. The Labute approximate surface area is 165 Å². The second kappa shape index (κ2) is 7.99. The number of imidazole rings is 1. The minimum Gasteiger partial charge on any atom is -0.313 e. The van der Waals surface area contributed by atoms with Gasteiger partial charge in [-0.05, 0) is 12.1 Å². The molecule has 0 aliphatic rings. The largest absolute Gasteiger partial charge is 0.313 e. The van der Waals surface area contributed by atoms with E-state index in [0.717, 1.165) is 0 Å². The van der Waals surface area contributed by atoms with Crippen LogP contribution in [0.15, 0.2) is 46.7 Å². The van der Waals surface area contributed by atoms with Crippen LogP contribution in [0.2, 0.25) is 10.3 Å². The second-order valence-electron chi connectivity index (χ2n) is 5.39. The van der Waals surface area contributed by atoms with Crippen molar-refractivity contribution < 1.29 is 8.42 Å². The van der Waals surface area contributed by atoms with E-state index in [4.69, 9.17) is 23.2 Å². The van der Waals surface area contributed by atoms with Crippen molar-refractivity contribution in [2.75, 3.05) is 11.5 Å². The number of rotatable bonds is 7. The molecule has 1 aromatic carbocycles. The van der Waals surface area contributed by atoms with Crippen LogP contribution >= 0.6 is 35.0 Å². The highest BCUT2D eigenvalue weighted by atomic mass is 35.5. The van der Waals surface area contributed by atoms with Crippen molar-refractivity contribution in [3.05, 3.63) is 52.8 Å². The van der Waals surface area contributed by atoms with Crippen molar-refractivity contribution in [2.24, 2.45) is 7.05 Å². The summed E-state index contributed by atoms with van der Waals surface area (Å²) in [5.41, 5.74) is 0. The highest BCUT2D eigenvalue weighted by Crippen LogP contribution is 2.22. The van der Waals surface area contributed by atoms with Crippen molar-refractivity contribution in [2.45, 2.75) is 16.6 Å². The van der Waals surface area contributed by atoms with Gasteiger partial charge in [0.2, 0.25) is 0 Å². The number of hydrogen-bond acceptors (Lipinski definition) is 6. The zero-order valence-corrected chi connectivity index (χ0v) is 16.9. The van der Waals surface area contributed by atoms with Gasteiger partial charge in [-0.1, -0.05) is 53.2 Å². The zero-order chi connectivity index (χ0) is 18.7. The Morgan fingerprint density at radius 1 is 1.15 bits per heavy atom. The molecule has 0 saturated heterocycles. The number of thioether (sulfide) groups is 1. The summed E-state index contributed by atoms with van der Waals surface area (Å²) in [7, 11) is -1.50. The molecule has 0 saturated carbocycles. The molecule has 0 unspecified atom stereocenters. The van der Waals surface area contributed by atoms with Gasteiger partial charge in [0.25, 0.3) is 0 Å². The molecule has 3 aromatic rings. The summed E-state index contributed by atoms with van der Waals surface area (Å²) in [6.07, 6.45) is 1.53. The van der Waals surface area contributed by atoms with Crippen LogP contribution in [-0.2, 0) is 23.4 Å². The normalized spacial score (nSPS) is 11.8. The summed E-state index contributed by atoms with van der Waals surface area (Å²) in [4.78, 5) is 4.25. The van der Waals surface area contributed by atoms with Gasteiger partial charge in [-0.2, -0.15) is 0 Å². The summed E-state index contributed by atoms with van der Waals surface area (Å²) in [6.45, 7) is 0.366. The fourth-order valence-electron chi connectivity index (χ4n) is 2.20. The van der Waals surface area contributed by atoms with Crippen LogP contribution in [-0.4, -0.2) is 44.2 Å². The number of aromatic nitrogens is 5. The third-order valence-corrected chi connectivity index (χ3v) is 7.44. The molecule has 0 N–H and O–H groups in total. The molecule has 3 rings (SSSR count). The fourth-order valence-corrected chi connectivity index (χ4v) is 5.11.